The first kappa shape index (κ1) is 26.4. The Hall–Kier alpha value is -5.84. The standard InChI is InChI=1S/C31H27N9O2/c1-3-18-39-30(42)25-20-33-31(34-22-13-15-24(16-14-22)37(2)21-23-9-4-6-17-32-23)36-29(25)40(39)27-11-8-10-26(35-27)38-19-7-5-12-28(38)41/h3-17,19-20H,1,18,21H2,2H3,(H,33,34,36). The fraction of sp³-hybridized carbons (Fsp3) is 0.0968. The summed E-state index contributed by atoms with van der Waals surface area (Å²) in [6.07, 6.45) is 6.56. The van der Waals surface area contributed by atoms with Crippen molar-refractivity contribution in [3.8, 4) is 11.6 Å². The first-order valence-electron chi connectivity index (χ1n) is 13.2. The fourth-order valence-corrected chi connectivity index (χ4v) is 4.64. The molecule has 0 saturated carbocycles. The Morgan fingerprint density at radius 1 is 0.905 bits per heavy atom. The average molecular weight is 558 g/mol. The molecular formula is C31H27N9O2. The molecule has 0 fully saturated rings. The maximum atomic E-state index is 13.3. The number of benzene rings is 1. The number of nitrogens with one attached hydrogen (secondary N) is 1. The molecule has 0 aliphatic carbocycles. The maximum absolute atomic E-state index is 13.3. The molecule has 5 aromatic heterocycles. The zero-order valence-corrected chi connectivity index (χ0v) is 22.8. The average Bonchev–Trinajstić information content (AvgIpc) is 3.29. The van der Waals surface area contributed by atoms with Gasteiger partial charge in [0.2, 0.25) is 5.95 Å². The summed E-state index contributed by atoms with van der Waals surface area (Å²) in [4.78, 5) is 46.1. The van der Waals surface area contributed by atoms with E-state index in [9.17, 15) is 9.59 Å². The third kappa shape index (κ3) is 5.18. The van der Waals surface area contributed by atoms with Crippen LogP contribution >= 0.6 is 0 Å². The molecule has 5 heterocycles. The van der Waals surface area contributed by atoms with Gasteiger partial charge in [-0.05, 0) is 54.6 Å². The Morgan fingerprint density at radius 2 is 1.71 bits per heavy atom. The van der Waals surface area contributed by atoms with Gasteiger partial charge >= 0.3 is 0 Å². The molecule has 1 N–H and O–H groups in total. The van der Waals surface area contributed by atoms with Crippen LogP contribution in [0.3, 0.4) is 0 Å². The molecule has 1 aromatic carbocycles. The van der Waals surface area contributed by atoms with Crippen LogP contribution in [-0.2, 0) is 13.1 Å². The van der Waals surface area contributed by atoms with Crippen LogP contribution in [0.4, 0.5) is 17.3 Å². The van der Waals surface area contributed by atoms with Gasteiger partial charge in [-0.3, -0.25) is 19.1 Å². The molecule has 42 heavy (non-hydrogen) atoms. The van der Waals surface area contributed by atoms with Crippen molar-refractivity contribution in [1.29, 1.82) is 0 Å². The van der Waals surface area contributed by atoms with Gasteiger partial charge in [0.1, 0.15) is 11.2 Å². The van der Waals surface area contributed by atoms with Crippen LogP contribution in [0.5, 0.6) is 0 Å². The third-order valence-electron chi connectivity index (χ3n) is 6.67. The monoisotopic (exact) mass is 557 g/mol. The van der Waals surface area contributed by atoms with Crippen LogP contribution < -0.4 is 21.3 Å². The lowest BCUT2D eigenvalue weighted by atomic mass is 10.2. The van der Waals surface area contributed by atoms with E-state index in [4.69, 9.17) is 9.97 Å². The second-order valence-electron chi connectivity index (χ2n) is 9.53. The van der Waals surface area contributed by atoms with Crippen LogP contribution in [0.25, 0.3) is 22.7 Å². The molecule has 0 aliphatic rings. The Labute approximate surface area is 240 Å². The number of rotatable bonds is 9. The summed E-state index contributed by atoms with van der Waals surface area (Å²) in [6.45, 7) is 4.71. The highest BCUT2D eigenvalue weighted by molar-refractivity contribution is 5.77. The molecule has 0 bridgehead atoms. The van der Waals surface area contributed by atoms with Crippen LogP contribution in [0.2, 0.25) is 0 Å². The summed E-state index contributed by atoms with van der Waals surface area (Å²) in [5, 5.41) is 3.56. The number of hydrogen-bond donors (Lipinski definition) is 1. The van der Waals surface area contributed by atoms with Gasteiger partial charge in [0.05, 0.1) is 18.8 Å². The molecule has 11 heteroatoms. The van der Waals surface area contributed by atoms with Crippen LogP contribution in [0.15, 0.2) is 120 Å². The van der Waals surface area contributed by atoms with E-state index in [1.807, 2.05) is 49.5 Å². The Morgan fingerprint density at radius 3 is 2.48 bits per heavy atom. The minimum absolute atomic E-state index is 0.217. The summed E-state index contributed by atoms with van der Waals surface area (Å²) in [5.41, 5.74) is 2.67. The van der Waals surface area contributed by atoms with E-state index in [1.165, 1.54) is 21.5 Å². The second kappa shape index (κ2) is 11.3. The van der Waals surface area contributed by atoms with Crippen molar-refractivity contribution in [3.05, 3.63) is 137 Å². The number of fused-ring (bicyclic) bond motifs is 1. The van der Waals surface area contributed by atoms with E-state index < -0.39 is 0 Å². The van der Waals surface area contributed by atoms with E-state index in [0.29, 0.717) is 35.2 Å². The molecule has 0 amide bonds. The van der Waals surface area contributed by atoms with Crippen LogP contribution in [0.1, 0.15) is 5.69 Å². The molecule has 6 rings (SSSR count). The number of hydrogen-bond acceptors (Lipinski definition) is 8. The van der Waals surface area contributed by atoms with Crippen molar-refractivity contribution in [2.75, 3.05) is 17.3 Å². The molecule has 208 valence electrons. The molecule has 0 aliphatic heterocycles. The topological polar surface area (TPSA) is 116 Å². The third-order valence-corrected chi connectivity index (χ3v) is 6.67. The number of nitrogens with zero attached hydrogens (tertiary/aromatic N) is 8. The number of aromatic nitrogens is 7. The number of allylic oxidation sites excluding steroid dienone is 1. The molecule has 0 unspecified atom stereocenters. The van der Waals surface area contributed by atoms with Gasteiger partial charge < -0.3 is 10.2 Å². The van der Waals surface area contributed by atoms with Crippen LogP contribution in [0, 0.1) is 0 Å². The summed E-state index contributed by atoms with van der Waals surface area (Å²) in [6, 6.07) is 23.9. The lowest BCUT2D eigenvalue weighted by Crippen LogP contribution is -2.23. The van der Waals surface area contributed by atoms with Crippen molar-refractivity contribution >= 4 is 28.4 Å². The van der Waals surface area contributed by atoms with E-state index in [0.717, 1.165) is 17.1 Å². The number of pyridine rings is 3. The molecule has 0 saturated heterocycles. The lowest BCUT2D eigenvalue weighted by Gasteiger charge is -2.19. The predicted molar refractivity (Wildman–Crippen MR) is 163 cm³/mol. The SMILES string of the molecule is C=CCn1c(=O)c2cnc(Nc3ccc(N(C)Cc4ccccn4)cc3)nc2n1-c1cccc(-n2ccccc2=O)n1. The van der Waals surface area contributed by atoms with Gasteiger partial charge in [-0.15, -0.1) is 6.58 Å². The van der Waals surface area contributed by atoms with Gasteiger partial charge in [0.25, 0.3) is 11.1 Å². The van der Waals surface area contributed by atoms with E-state index in [-0.39, 0.29) is 17.7 Å². The highest BCUT2D eigenvalue weighted by Gasteiger charge is 2.18. The zero-order valence-electron chi connectivity index (χ0n) is 22.8. The molecule has 0 atom stereocenters. The Balaban J connectivity index is 1.34. The molecule has 6 aromatic rings. The number of anilines is 3. The van der Waals surface area contributed by atoms with Crippen molar-refractivity contribution < 1.29 is 0 Å². The van der Waals surface area contributed by atoms with Crippen molar-refractivity contribution in [1.82, 2.24) is 33.9 Å². The normalized spacial score (nSPS) is 11.0. The predicted octanol–water partition coefficient (Wildman–Crippen LogP) is 4.09. The van der Waals surface area contributed by atoms with Crippen LogP contribution in [-0.4, -0.2) is 40.9 Å². The minimum atomic E-state index is -0.277. The van der Waals surface area contributed by atoms with Gasteiger partial charge in [-0.2, -0.15) is 4.98 Å². The quantitative estimate of drug-likeness (QED) is 0.264. The molecular weight excluding hydrogens is 530 g/mol. The van der Waals surface area contributed by atoms with Gasteiger partial charge in [0, 0.05) is 43.1 Å². The fourth-order valence-electron chi connectivity index (χ4n) is 4.64. The Bertz CT molecular complexity index is 1990. The van der Waals surface area contributed by atoms with E-state index in [1.54, 1.807) is 53.5 Å². The highest BCUT2D eigenvalue weighted by Crippen LogP contribution is 2.22. The van der Waals surface area contributed by atoms with Crippen molar-refractivity contribution in [3.63, 3.8) is 0 Å². The summed E-state index contributed by atoms with van der Waals surface area (Å²) < 4.78 is 4.55. The van der Waals surface area contributed by atoms with E-state index >= 15 is 0 Å². The zero-order chi connectivity index (χ0) is 29.1. The first-order valence-corrected chi connectivity index (χ1v) is 13.2. The minimum Gasteiger partial charge on any atom is -0.369 e. The lowest BCUT2D eigenvalue weighted by molar-refractivity contribution is 0.596. The van der Waals surface area contributed by atoms with Crippen molar-refractivity contribution in [2.24, 2.45) is 0 Å². The van der Waals surface area contributed by atoms with Crippen molar-refractivity contribution in [2.45, 2.75) is 13.1 Å². The largest absolute Gasteiger partial charge is 0.369 e. The molecule has 0 spiro atoms. The molecule has 0 radical (unpaired) electrons. The highest BCUT2D eigenvalue weighted by atomic mass is 16.1. The van der Waals surface area contributed by atoms with Gasteiger partial charge in [-0.25, -0.2) is 19.3 Å². The maximum Gasteiger partial charge on any atom is 0.278 e. The summed E-state index contributed by atoms with van der Waals surface area (Å²) >= 11 is 0. The molecule has 11 nitrogen and oxygen atoms in total. The summed E-state index contributed by atoms with van der Waals surface area (Å²) in [5.74, 6) is 1.15. The first-order chi connectivity index (χ1) is 20.5. The van der Waals surface area contributed by atoms with Gasteiger partial charge in [0.15, 0.2) is 11.5 Å². The summed E-state index contributed by atoms with van der Waals surface area (Å²) in [7, 11) is 2.01. The Kier molecular flexibility index (Phi) is 7.12. The second-order valence-corrected chi connectivity index (χ2v) is 9.53. The van der Waals surface area contributed by atoms with E-state index in [2.05, 4.69) is 26.8 Å². The van der Waals surface area contributed by atoms with Gasteiger partial charge in [-0.1, -0.05) is 24.3 Å². The smallest absolute Gasteiger partial charge is 0.278 e.